The minimum atomic E-state index is -1.11. The van der Waals surface area contributed by atoms with Crippen LogP contribution in [0.15, 0.2) is 60.7 Å². The fraction of sp³-hybridized carbons (Fsp3) is 0.167. The first-order valence-corrected chi connectivity index (χ1v) is 10.8. The van der Waals surface area contributed by atoms with Crippen LogP contribution in [0, 0.1) is 5.82 Å². The second-order valence-electron chi connectivity index (χ2n) is 7.65. The first kappa shape index (κ1) is 19.8. The molecule has 5 rings (SSSR count). The fourth-order valence-corrected chi connectivity index (χ4v) is 4.74. The van der Waals surface area contributed by atoms with E-state index in [4.69, 9.17) is 4.74 Å². The Morgan fingerprint density at radius 2 is 1.87 bits per heavy atom. The van der Waals surface area contributed by atoms with Crippen LogP contribution in [0.5, 0.6) is 11.5 Å². The Balaban J connectivity index is 1.65. The molecule has 0 bridgehead atoms. The minimum Gasteiger partial charge on any atom is -0.507 e. The van der Waals surface area contributed by atoms with Crippen molar-refractivity contribution in [3.63, 3.8) is 0 Å². The van der Waals surface area contributed by atoms with E-state index in [0.717, 1.165) is 16.8 Å². The van der Waals surface area contributed by atoms with Gasteiger partial charge < -0.3 is 14.7 Å². The van der Waals surface area contributed by atoms with Crippen molar-refractivity contribution >= 4 is 33.3 Å². The van der Waals surface area contributed by atoms with Gasteiger partial charge in [-0.25, -0.2) is 4.39 Å². The van der Waals surface area contributed by atoms with Crippen molar-refractivity contribution in [1.29, 1.82) is 0 Å². The molecule has 156 valence electrons. The molecule has 0 saturated heterocycles. The van der Waals surface area contributed by atoms with Crippen molar-refractivity contribution in [2.75, 3.05) is 16.8 Å². The molecule has 1 spiro atoms. The summed E-state index contributed by atoms with van der Waals surface area (Å²) in [4.78, 5) is 27.9. The number of phenols is 1. The Hall–Kier alpha value is -3.19. The lowest BCUT2D eigenvalue weighted by Crippen LogP contribution is -2.42. The number of carbonyl (C=O) groups excluding carboxylic acids is 2. The van der Waals surface area contributed by atoms with Crippen LogP contribution in [-0.2, 0) is 16.8 Å². The molecule has 1 N–H and O–H groups in total. The van der Waals surface area contributed by atoms with E-state index in [1.54, 1.807) is 23.1 Å². The quantitative estimate of drug-likeness (QED) is 0.444. The van der Waals surface area contributed by atoms with E-state index in [2.05, 4.69) is 15.9 Å². The van der Waals surface area contributed by atoms with Crippen molar-refractivity contribution < 1.29 is 23.8 Å². The van der Waals surface area contributed by atoms with Gasteiger partial charge in [0.15, 0.2) is 5.78 Å². The van der Waals surface area contributed by atoms with Crippen LogP contribution in [0.25, 0.3) is 0 Å². The summed E-state index contributed by atoms with van der Waals surface area (Å²) in [7, 11) is 0. The highest BCUT2D eigenvalue weighted by Gasteiger charge is 2.57. The molecule has 2 heterocycles. The van der Waals surface area contributed by atoms with Crippen LogP contribution in [-0.4, -0.2) is 28.7 Å². The van der Waals surface area contributed by atoms with Crippen molar-refractivity contribution in [3.8, 4) is 11.5 Å². The third-order valence-electron chi connectivity index (χ3n) is 5.94. The van der Waals surface area contributed by atoms with E-state index in [0.29, 0.717) is 11.3 Å². The molecule has 0 saturated carbocycles. The Bertz CT molecular complexity index is 1230. The fourth-order valence-electron chi connectivity index (χ4n) is 4.44. The highest BCUT2D eigenvalue weighted by molar-refractivity contribution is 9.09. The molecule has 31 heavy (non-hydrogen) atoms. The third-order valence-corrected chi connectivity index (χ3v) is 6.45. The average Bonchev–Trinajstić information content (AvgIpc) is 3.26. The number of hydrogen-bond donors (Lipinski definition) is 1. The number of ketones is 1. The SMILES string of the molecule is O=C(CBr)c1cc2c(cc1O)OCC21C(=O)N(Cc2ccc(F)cc2)c2ccccc21. The minimum absolute atomic E-state index is 0.0500. The molecule has 1 amide bonds. The highest BCUT2D eigenvalue weighted by atomic mass is 79.9. The Morgan fingerprint density at radius 3 is 2.61 bits per heavy atom. The van der Waals surface area contributed by atoms with Crippen LogP contribution < -0.4 is 9.64 Å². The largest absolute Gasteiger partial charge is 0.507 e. The number of aromatic hydroxyl groups is 1. The van der Waals surface area contributed by atoms with E-state index in [9.17, 15) is 19.1 Å². The number of carbonyl (C=O) groups is 2. The van der Waals surface area contributed by atoms with Gasteiger partial charge in [-0.3, -0.25) is 9.59 Å². The normalized spacial score (nSPS) is 18.8. The van der Waals surface area contributed by atoms with Crippen LogP contribution in [0.2, 0.25) is 0 Å². The number of benzene rings is 3. The Kier molecular flexibility index (Phi) is 4.59. The lowest BCUT2D eigenvalue weighted by atomic mass is 9.76. The number of hydrogen-bond acceptors (Lipinski definition) is 4. The van der Waals surface area contributed by atoms with Gasteiger partial charge >= 0.3 is 0 Å². The van der Waals surface area contributed by atoms with Gasteiger partial charge in [0.05, 0.1) is 17.4 Å². The number of Topliss-reactive ketones (excluding diaryl/α,β-unsaturated/α-hetero) is 1. The van der Waals surface area contributed by atoms with Gasteiger partial charge in [0.25, 0.3) is 0 Å². The number of rotatable bonds is 4. The van der Waals surface area contributed by atoms with Gasteiger partial charge in [0.2, 0.25) is 5.91 Å². The average molecular weight is 482 g/mol. The molecule has 5 nitrogen and oxygen atoms in total. The van der Waals surface area contributed by atoms with E-state index in [1.165, 1.54) is 18.2 Å². The molecule has 0 aromatic heterocycles. The first-order valence-electron chi connectivity index (χ1n) is 9.71. The second kappa shape index (κ2) is 7.20. The number of halogens is 2. The van der Waals surface area contributed by atoms with Gasteiger partial charge in [0, 0.05) is 17.3 Å². The van der Waals surface area contributed by atoms with E-state index < -0.39 is 5.41 Å². The van der Waals surface area contributed by atoms with E-state index in [1.807, 2.05) is 24.3 Å². The number of amides is 1. The Morgan fingerprint density at radius 1 is 1.13 bits per heavy atom. The summed E-state index contributed by atoms with van der Waals surface area (Å²) >= 11 is 3.14. The van der Waals surface area contributed by atoms with Crippen molar-refractivity contribution in [2.24, 2.45) is 0 Å². The van der Waals surface area contributed by atoms with Gasteiger partial charge in [-0.15, -0.1) is 0 Å². The molecule has 3 aromatic carbocycles. The molecule has 0 radical (unpaired) electrons. The molecule has 0 fully saturated rings. The maximum Gasteiger partial charge on any atom is 0.246 e. The third kappa shape index (κ3) is 2.87. The van der Waals surface area contributed by atoms with E-state index >= 15 is 0 Å². The lowest BCUT2D eigenvalue weighted by molar-refractivity contribution is -0.122. The summed E-state index contributed by atoms with van der Waals surface area (Å²) in [5.41, 5.74) is 1.91. The van der Waals surface area contributed by atoms with Gasteiger partial charge in [-0.05, 0) is 35.4 Å². The number of alkyl halides is 1. The molecule has 2 aliphatic heterocycles. The monoisotopic (exact) mass is 481 g/mol. The maximum absolute atomic E-state index is 13.9. The number of para-hydroxylation sites is 1. The molecule has 3 aromatic rings. The molecule has 0 aliphatic carbocycles. The van der Waals surface area contributed by atoms with Crippen molar-refractivity contribution in [3.05, 3.63) is 88.7 Å². The van der Waals surface area contributed by atoms with Gasteiger partial charge in [-0.2, -0.15) is 0 Å². The summed E-state index contributed by atoms with van der Waals surface area (Å²) in [6.45, 7) is 0.349. The maximum atomic E-state index is 13.9. The molecular weight excluding hydrogens is 465 g/mol. The number of anilines is 1. The highest BCUT2D eigenvalue weighted by Crippen LogP contribution is 2.53. The van der Waals surface area contributed by atoms with E-state index in [-0.39, 0.29) is 47.3 Å². The zero-order chi connectivity index (χ0) is 21.8. The summed E-state index contributed by atoms with van der Waals surface area (Å²) < 4.78 is 19.2. The molecular formula is C24H17BrFNO4. The topological polar surface area (TPSA) is 66.8 Å². The smallest absolute Gasteiger partial charge is 0.246 e. The Labute approximate surface area is 186 Å². The van der Waals surface area contributed by atoms with Gasteiger partial charge in [-0.1, -0.05) is 46.3 Å². The molecule has 7 heteroatoms. The zero-order valence-electron chi connectivity index (χ0n) is 16.3. The first-order chi connectivity index (χ1) is 15.0. The zero-order valence-corrected chi connectivity index (χ0v) is 17.9. The summed E-state index contributed by atoms with van der Waals surface area (Å²) in [6.07, 6.45) is 0. The van der Waals surface area contributed by atoms with Crippen LogP contribution in [0.1, 0.15) is 27.0 Å². The van der Waals surface area contributed by atoms with Crippen LogP contribution in [0.4, 0.5) is 10.1 Å². The van der Waals surface area contributed by atoms with Crippen LogP contribution in [0.3, 0.4) is 0 Å². The summed E-state index contributed by atoms with van der Waals surface area (Å²) in [5.74, 6) is -0.600. The molecule has 1 atom stereocenters. The second-order valence-corrected chi connectivity index (χ2v) is 8.21. The number of nitrogens with zero attached hydrogens (tertiary/aromatic N) is 1. The van der Waals surface area contributed by atoms with Crippen molar-refractivity contribution in [1.82, 2.24) is 0 Å². The summed E-state index contributed by atoms with van der Waals surface area (Å²) in [6, 6.07) is 16.5. The van der Waals surface area contributed by atoms with Crippen molar-refractivity contribution in [2.45, 2.75) is 12.0 Å². The summed E-state index contributed by atoms with van der Waals surface area (Å²) in [5, 5.41) is 10.3. The standard InChI is InChI=1S/C24H17BrFNO4/c25-11-21(29)16-9-18-22(10-20(16)28)31-13-24(18)17-3-1-2-4-19(17)27(23(24)30)12-14-5-7-15(26)8-6-14/h1-10,28H,11-13H2. The van der Waals surface area contributed by atoms with Crippen LogP contribution >= 0.6 is 15.9 Å². The number of ether oxygens (including phenoxy) is 1. The number of fused-ring (bicyclic) bond motifs is 4. The predicted octanol–water partition coefficient (Wildman–Crippen LogP) is 4.33. The number of phenolic OH excluding ortho intramolecular Hbond substituents is 1. The molecule has 1 unspecified atom stereocenters. The van der Waals surface area contributed by atoms with Gasteiger partial charge in [0.1, 0.15) is 29.3 Å². The predicted molar refractivity (Wildman–Crippen MR) is 117 cm³/mol. The molecule has 2 aliphatic rings. The lowest BCUT2D eigenvalue weighted by Gasteiger charge is -2.23.